The predicted octanol–water partition coefficient (Wildman–Crippen LogP) is 1.70. The summed E-state index contributed by atoms with van der Waals surface area (Å²) in [5.41, 5.74) is 0. The van der Waals surface area contributed by atoms with Gasteiger partial charge >= 0.3 is 0 Å². The normalized spacial score (nSPS) is 26.5. The van der Waals surface area contributed by atoms with Gasteiger partial charge in [-0.3, -0.25) is 4.79 Å². The van der Waals surface area contributed by atoms with Crippen LogP contribution >= 0.6 is 0 Å². The Balaban J connectivity index is 1.81. The number of likely N-dealkylation sites (tertiary alicyclic amines) is 1. The first-order valence-electron chi connectivity index (χ1n) is 8.41. The molecule has 7 nitrogen and oxygen atoms in total. The van der Waals surface area contributed by atoms with Gasteiger partial charge in [0.1, 0.15) is 0 Å². The Kier molecular flexibility index (Phi) is 4.98. The molecule has 0 aromatic carbocycles. The molecule has 1 aromatic rings. The molecular weight excluding hydrogens is 332 g/mol. The van der Waals surface area contributed by atoms with E-state index in [-0.39, 0.29) is 28.8 Å². The molecule has 2 atom stereocenters. The van der Waals surface area contributed by atoms with E-state index in [2.05, 4.69) is 0 Å². The van der Waals surface area contributed by atoms with Crippen LogP contribution in [0.1, 0.15) is 43.7 Å². The minimum absolute atomic E-state index is 0.0856. The van der Waals surface area contributed by atoms with Crippen LogP contribution in [0.5, 0.6) is 0 Å². The molecule has 0 N–H and O–H groups in total. The zero-order valence-electron chi connectivity index (χ0n) is 14.1. The van der Waals surface area contributed by atoms with Crippen LogP contribution in [0.25, 0.3) is 0 Å². The highest BCUT2D eigenvalue weighted by Crippen LogP contribution is 2.26. The molecule has 0 spiro atoms. The highest BCUT2D eigenvalue weighted by atomic mass is 32.2. The van der Waals surface area contributed by atoms with Crippen LogP contribution < -0.4 is 0 Å². The van der Waals surface area contributed by atoms with Crippen LogP contribution in [0.4, 0.5) is 0 Å². The zero-order valence-corrected chi connectivity index (χ0v) is 14.9. The molecule has 2 aliphatic rings. The Bertz CT molecular complexity index is 683. The molecule has 1 aromatic heterocycles. The lowest BCUT2D eigenvalue weighted by atomic mass is 9.97. The number of carbonyl (C=O) groups is 1. The van der Waals surface area contributed by atoms with Crippen molar-refractivity contribution in [1.29, 1.82) is 0 Å². The van der Waals surface area contributed by atoms with Crippen LogP contribution in [0.15, 0.2) is 21.6 Å². The van der Waals surface area contributed by atoms with Crippen LogP contribution in [0, 0.1) is 0 Å². The lowest BCUT2D eigenvalue weighted by Gasteiger charge is -2.38. The van der Waals surface area contributed by atoms with Crippen molar-refractivity contribution in [2.24, 2.45) is 0 Å². The van der Waals surface area contributed by atoms with Gasteiger partial charge in [-0.2, -0.15) is 4.31 Å². The number of ether oxygens (including phenoxy) is 1. The molecule has 2 unspecified atom stereocenters. The lowest BCUT2D eigenvalue weighted by molar-refractivity contribution is 0.0472. The second kappa shape index (κ2) is 6.85. The van der Waals surface area contributed by atoms with E-state index in [1.165, 1.54) is 16.4 Å². The summed E-state index contributed by atoms with van der Waals surface area (Å²) in [4.78, 5) is 14.5. The van der Waals surface area contributed by atoms with Crippen molar-refractivity contribution in [2.45, 2.75) is 50.3 Å². The van der Waals surface area contributed by atoms with Gasteiger partial charge < -0.3 is 14.1 Å². The van der Waals surface area contributed by atoms with Crippen molar-refractivity contribution in [1.82, 2.24) is 9.21 Å². The number of rotatable bonds is 3. The van der Waals surface area contributed by atoms with Crippen molar-refractivity contribution in [2.75, 3.05) is 26.3 Å². The molecule has 3 rings (SSSR count). The maximum absolute atomic E-state index is 12.7. The lowest BCUT2D eigenvalue weighted by Crippen LogP contribution is -2.47. The summed E-state index contributed by atoms with van der Waals surface area (Å²) in [6, 6.07) is 3.09. The van der Waals surface area contributed by atoms with Gasteiger partial charge in [-0.15, -0.1) is 0 Å². The Morgan fingerprint density at radius 3 is 2.38 bits per heavy atom. The number of furan rings is 1. The summed E-state index contributed by atoms with van der Waals surface area (Å²) in [6.07, 6.45) is 3.01. The molecule has 0 aliphatic carbocycles. The Morgan fingerprint density at radius 2 is 1.75 bits per heavy atom. The van der Waals surface area contributed by atoms with Crippen LogP contribution in [0.3, 0.4) is 0 Å². The summed E-state index contributed by atoms with van der Waals surface area (Å²) >= 11 is 0. The monoisotopic (exact) mass is 356 g/mol. The first kappa shape index (κ1) is 17.4. The molecule has 2 fully saturated rings. The number of hydrogen-bond donors (Lipinski definition) is 0. The average Bonchev–Trinajstić information content (AvgIpc) is 3.06. The first-order chi connectivity index (χ1) is 11.4. The van der Waals surface area contributed by atoms with Crippen molar-refractivity contribution in [3.05, 3.63) is 17.9 Å². The van der Waals surface area contributed by atoms with Gasteiger partial charge in [0.2, 0.25) is 5.09 Å². The highest BCUT2D eigenvalue weighted by Gasteiger charge is 2.34. The van der Waals surface area contributed by atoms with Crippen LogP contribution in [0.2, 0.25) is 0 Å². The summed E-state index contributed by atoms with van der Waals surface area (Å²) in [6.45, 7) is 5.37. The quantitative estimate of drug-likeness (QED) is 0.823. The molecular formula is C16H24N2O5S. The molecule has 0 bridgehead atoms. The summed E-state index contributed by atoms with van der Waals surface area (Å²) in [5.74, 6) is -0.152. The molecule has 0 saturated carbocycles. The van der Waals surface area contributed by atoms with E-state index in [9.17, 15) is 13.2 Å². The number of sulfonamides is 1. The van der Waals surface area contributed by atoms with E-state index in [1.807, 2.05) is 13.8 Å². The second-order valence-electron chi connectivity index (χ2n) is 6.48. The summed E-state index contributed by atoms with van der Waals surface area (Å²) < 4.78 is 37.1. The largest absolute Gasteiger partial charge is 0.438 e. The smallest absolute Gasteiger partial charge is 0.290 e. The average molecular weight is 356 g/mol. The van der Waals surface area contributed by atoms with Gasteiger partial charge in [-0.05, 0) is 45.2 Å². The van der Waals surface area contributed by atoms with E-state index in [1.54, 1.807) is 4.90 Å². The molecule has 3 heterocycles. The Morgan fingerprint density at radius 1 is 1.12 bits per heavy atom. The molecule has 0 radical (unpaired) electrons. The van der Waals surface area contributed by atoms with Crippen molar-refractivity contribution in [3.8, 4) is 0 Å². The molecule has 134 valence electrons. The van der Waals surface area contributed by atoms with Gasteiger partial charge in [-0.25, -0.2) is 8.42 Å². The minimum Gasteiger partial charge on any atom is -0.438 e. The number of morpholine rings is 1. The van der Waals surface area contributed by atoms with E-state index in [0.717, 1.165) is 19.3 Å². The van der Waals surface area contributed by atoms with Crippen LogP contribution in [-0.2, 0) is 14.8 Å². The Hall–Kier alpha value is -1.38. The van der Waals surface area contributed by atoms with Crippen LogP contribution in [-0.4, -0.2) is 61.9 Å². The Labute approximate surface area is 142 Å². The summed E-state index contributed by atoms with van der Waals surface area (Å²) in [5, 5.41) is -0.176. The fraction of sp³-hybridized carbons (Fsp3) is 0.688. The number of piperidine rings is 1. The van der Waals surface area contributed by atoms with Crippen molar-refractivity contribution >= 4 is 15.9 Å². The maximum Gasteiger partial charge on any atom is 0.290 e. The van der Waals surface area contributed by atoms with Crippen molar-refractivity contribution < 1.29 is 22.4 Å². The number of nitrogens with zero attached hydrogens (tertiary/aromatic N) is 2. The molecule has 8 heteroatoms. The van der Waals surface area contributed by atoms with Gasteiger partial charge in [0.25, 0.3) is 15.9 Å². The van der Waals surface area contributed by atoms with E-state index in [0.29, 0.717) is 26.3 Å². The van der Waals surface area contributed by atoms with Gasteiger partial charge in [-0.1, -0.05) is 0 Å². The number of amides is 1. The molecule has 2 saturated heterocycles. The molecule has 24 heavy (non-hydrogen) atoms. The highest BCUT2D eigenvalue weighted by molar-refractivity contribution is 7.89. The van der Waals surface area contributed by atoms with Gasteiger partial charge in [0.15, 0.2) is 5.76 Å². The second-order valence-corrected chi connectivity index (χ2v) is 8.35. The topological polar surface area (TPSA) is 80.1 Å². The maximum atomic E-state index is 12.7. The molecule has 2 aliphatic heterocycles. The predicted molar refractivity (Wildman–Crippen MR) is 87.2 cm³/mol. The zero-order chi connectivity index (χ0) is 17.3. The van der Waals surface area contributed by atoms with Crippen molar-refractivity contribution in [3.63, 3.8) is 0 Å². The third-order valence-corrected chi connectivity index (χ3v) is 6.56. The van der Waals surface area contributed by atoms with Gasteiger partial charge in [0, 0.05) is 25.2 Å². The first-order valence-corrected chi connectivity index (χ1v) is 9.85. The van der Waals surface area contributed by atoms with E-state index < -0.39 is 10.0 Å². The SMILES string of the molecule is CC1CCCC(C)N1C(=O)c1ccc(S(=O)(=O)N2CCOCC2)o1. The number of carbonyl (C=O) groups excluding carboxylic acids is 1. The fourth-order valence-electron chi connectivity index (χ4n) is 3.44. The summed E-state index contributed by atoms with van der Waals surface area (Å²) in [7, 11) is -3.72. The molecule has 1 amide bonds. The van der Waals surface area contributed by atoms with E-state index in [4.69, 9.17) is 9.15 Å². The van der Waals surface area contributed by atoms with E-state index >= 15 is 0 Å². The standard InChI is InChI=1S/C16H24N2O5S/c1-12-4-3-5-13(2)18(12)16(19)14-6-7-15(23-14)24(20,21)17-8-10-22-11-9-17/h6-7,12-13H,3-5,8-11H2,1-2H3. The van der Waals surface area contributed by atoms with Gasteiger partial charge in [0.05, 0.1) is 13.2 Å². The third kappa shape index (κ3) is 3.22. The third-order valence-electron chi connectivity index (χ3n) is 4.78. The number of hydrogen-bond acceptors (Lipinski definition) is 5. The minimum atomic E-state index is -3.72. The fourth-order valence-corrected chi connectivity index (χ4v) is 4.76.